The third-order valence-electron chi connectivity index (χ3n) is 3.57. The molecule has 0 aliphatic rings. The monoisotopic (exact) mass is 297 g/mol. The van der Waals surface area contributed by atoms with Gasteiger partial charge in [0.15, 0.2) is 5.58 Å². The number of fused-ring (bicyclic) bond motifs is 2. The highest BCUT2D eigenvalue weighted by molar-refractivity contribution is 7.17. The van der Waals surface area contributed by atoms with Crippen molar-refractivity contribution in [1.82, 2.24) is 4.98 Å². The van der Waals surface area contributed by atoms with Crippen LogP contribution in [0, 0.1) is 0 Å². The number of H-pyrrole nitrogens is 1. The molecule has 0 saturated heterocycles. The third-order valence-corrected chi connectivity index (χ3v) is 4.55. The minimum absolute atomic E-state index is 0.455. The van der Waals surface area contributed by atoms with Gasteiger partial charge in [0.25, 0.3) is 0 Å². The lowest BCUT2D eigenvalue weighted by atomic mass is 10.0. The molecular formula is C16H11NO3S. The van der Waals surface area contributed by atoms with Gasteiger partial charge in [-0.05, 0) is 34.5 Å². The molecule has 0 spiro atoms. The molecule has 2 aromatic carbocycles. The number of aliphatic hydroxyl groups excluding tert-OH is 1. The van der Waals surface area contributed by atoms with E-state index in [9.17, 15) is 9.90 Å². The molecule has 1 atom stereocenters. The van der Waals surface area contributed by atoms with Gasteiger partial charge in [-0.15, -0.1) is 11.3 Å². The van der Waals surface area contributed by atoms with Crippen LogP contribution in [0.4, 0.5) is 0 Å². The second-order valence-electron chi connectivity index (χ2n) is 4.86. The second kappa shape index (κ2) is 4.58. The first-order valence-electron chi connectivity index (χ1n) is 6.49. The Hall–Kier alpha value is -2.37. The second-order valence-corrected chi connectivity index (χ2v) is 5.77. The van der Waals surface area contributed by atoms with Crippen LogP contribution >= 0.6 is 11.3 Å². The third kappa shape index (κ3) is 1.98. The maximum absolute atomic E-state index is 11.2. The van der Waals surface area contributed by atoms with Crippen LogP contribution in [0.25, 0.3) is 21.2 Å². The first-order chi connectivity index (χ1) is 10.2. The van der Waals surface area contributed by atoms with Crippen molar-refractivity contribution in [2.75, 3.05) is 0 Å². The summed E-state index contributed by atoms with van der Waals surface area (Å²) in [5, 5.41) is 13.6. The summed E-state index contributed by atoms with van der Waals surface area (Å²) in [6.45, 7) is 0. The highest BCUT2D eigenvalue weighted by Crippen LogP contribution is 2.34. The van der Waals surface area contributed by atoms with E-state index in [0.717, 1.165) is 15.6 Å². The molecule has 4 aromatic rings. The fraction of sp³-hybridized carbons (Fsp3) is 0.0625. The van der Waals surface area contributed by atoms with Crippen LogP contribution in [0.2, 0.25) is 0 Å². The van der Waals surface area contributed by atoms with Crippen molar-refractivity contribution in [3.8, 4) is 0 Å². The number of thiophene rings is 1. The molecule has 5 heteroatoms. The van der Waals surface area contributed by atoms with Crippen LogP contribution in [-0.2, 0) is 0 Å². The predicted molar refractivity (Wildman–Crippen MR) is 82.7 cm³/mol. The average Bonchev–Trinajstić information content (AvgIpc) is 3.07. The number of aliphatic hydroxyl groups is 1. The highest BCUT2D eigenvalue weighted by Gasteiger charge is 2.16. The Balaban J connectivity index is 1.85. The van der Waals surface area contributed by atoms with Crippen molar-refractivity contribution in [1.29, 1.82) is 0 Å². The summed E-state index contributed by atoms with van der Waals surface area (Å²) < 4.78 is 6.18. The van der Waals surface area contributed by atoms with Gasteiger partial charge in [0.1, 0.15) is 6.10 Å². The normalized spacial score (nSPS) is 13.0. The van der Waals surface area contributed by atoms with Crippen molar-refractivity contribution < 1.29 is 9.52 Å². The Labute approximate surface area is 123 Å². The lowest BCUT2D eigenvalue weighted by molar-refractivity contribution is 0.222. The number of nitrogens with one attached hydrogen (secondary N) is 1. The summed E-state index contributed by atoms with van der Waals surface area (Å²) in [4.78, 5) is 13.8. The number of benzene rings is 2. The Morgan fingerprint density at radius 3 is 2.95 bits per heavy atom. The smallest absolute Gasteiger partial charge is 0.408 e. The number of oxazole rings is 1. The van der Waals surface area contributed by atoms with Crippen LogP contribution in [-0.4, -0.2) is 10.1 Å². The standard InChI is InChI=1S/C16H11NO3S/c18-15(11-8-21-14-4-2-1-3-10(11)14)9-5-6-12-13(7-9)20-16(19)17-12/h1-8,15,18H,(H,17,19). The van der Waals surface area contributed by atoms with Gasteiger partial charge in [-0.25, -0.2) is 4.79 Å². The van der Waals surface area contributed by atoms with Crippen molar-refractivity contribution in [3.05, 3.63) is 69.5 Å². The van der Waals surface area contributed by atoms with E-state index in [1.54, 1.807) is 29.5 Å². The van der Waals surface area contributed by atoms with E-state index in [1.807, 2.05) is 29.6 Å². The molecule has 0 aliphatic carbocycles. The summed E-state index contributed by atoms with van der Waals surface area (Å²) in [6.07, 6.45) is -0.745. The number of hydrogen-bond donors (Lipinski definition) is 2. The van der Waals surface area contributed by atoms with E-state index in [4.69, 9.17) is 4.42 Å². The van der Waals surface area contributed by atoms with Gasteiger partial charge < -0.3 is 9.52 Å². The van der Waals surface area contributed by atoms with Crippen molar-refractivity contribution in [2.24, 2.45) is 0 Å². The SMILES string of the molecule is O=c1[nH]c2ccc(C(O)c3csc4ccccc34)cc2o1. The molecule has 104 valence electrons. The molecule has 0 bridgehead atoms. The number of aromatic amines is 1. The largest absolute Gasteiger partial charge is 0.417 e. The van der Waals surface area contributed by atoms with Gasteiger partial charge in [0, 0.05) is 10.3 Å². The van der Waals surface area contributed by atoms with E-state index in [1.165, 1.54) is 0 Å². The summed E-state index contributed by atoms with van der Waals surface area (Å²) in [5.41, 5.74) is 2.66. The fourth-order valence-corrected chi connectivity index (χ4v) is 3.50. The van der Waals surface area contributed by atoms with Gasteiger partial charge in [0.05, 0.1) is 5.52 Å². The van der Waals surface area contributed by atoms with Gasteiger partial charge in [-0.1, -0.05) is 24.3 Å². The fourth-order valence-electron chi connectivity index (χ4n) is 2.52. The highest BCUT2D eigenvalue weighted by atomic mass is 32.1. The topological polar surface area (TPSA) is 66.2 Å². The van der Waals surface area contributed by atoms with Crippen molar-refractivity contribution in [3.63, 3.8) is 0 Å². The molecule has 2 N–H and O–H groups in total. The van der Waals surface area contributed by atoms with Gasteiger partial charge >= 0.3 is 5.76 Å². The van der Waals surface area contributed by atoms with Gasteiger partial charge in [0.2, 0.25) is 0 Å². The molecule has 4 nitrogen and oxygen atoms in total. The van der Waals surface area contributed by atoms with E-state index in [2.05, 4.69) is 4.98 Å². The zero-order valence-corrected chi connectivity index (χ0v) is 11.7. The number of rotatable bonds is 2. The first-order valence-corrected chi connectivity index (χ1v) is 7.37. The van der Waals surface area contributed by atoms with E-state index in [-0.39, 0.29) is 0 Å². The van der Waals surface area contributed by atoms with E-state index in [0.29, 0.717) is 16.7 Å². The van der Waals surface area contributed by atoms with E-state index >= 15 is 0 Å². The predicted octanol–water partition coefficient (Wildman–Crippen LogP) is 3.42. The Kier molecular flexibility index (Phi) is 2.70. The molecule has 0 aliphatic heterocycles. The lowest BCUT2D eigenvalue weighted by Crippen LogP contribution is -1.98. The Morgan fingerprint density at radius 1 is 1.19 bits per heavy atom. The quantitative estimate of drug-likeness (QED) is 0.596. The maximum atomic E-state index is 11.2. The van der Waals surface area contributed by atoms with Crippen LogP contribution in [0.1, 0.15) is 17.2 Å². The minimum Gasteiger partial charge on any atom is -0.408 e. The Bertz CT molecular complexity index is 995. The molecule has 4 rings (SSSR count). The van der Waals surface area contributed by atoms with Crippen LogP contribution in [0.3, 0.4) is 0 Å². The summed E-state index contributed by atoms with van der Waals surface area (Å²) >= 11 is 1.61. The van der Waals surface area contributed by atoms with Gasteiger partial charge in [-0.2, -0.15) is 0 Å². The number of hydrogen-bond acceptors (Lipinski definition) is 4. The molecule has 0 fully saturated rings. The zero-order valence-electron chi connectivity index (χ0n) is 10.9. The maximum Gasteiger partial charge on any atom is 0.417 e. The van der Waals surface area contributed by atoms with Crippen LogP contribution < -0.4 is 5.76 Å². The Morgan fingerprint density at radius 2 is 2.05 bits per heavy atom. The first kappa shape index (κ1) is 12.4. The molecule has 0 saturated carbocycles. The molecule has 0 radical (unpaired) electrons. The molecular weight excluding hydrogens is 286 g/mol. The average molecular weight is 297 g/mol. The van der Waals surface area contributed by atoms with Gasteiger partial charge in [-0.3, -0.25) is 4.98 Å². The molecule has 2 aromatic heterocycles. The molecule has 2 heterocycles. The van der Waals surface area contributed by atoms with Crippen LogP contribution in [0.5, 0.6) is 0 Å². The van der Waals surface area contributed by atoms with Crippen molar-refractivity contribution >= 4 is 32.5 Å². The summed E-state index contributed by atoms with van der Waals surface area (Å²) in [7, 11) is 0. The molecule has 0 amide bonds. The lowest BCUT2D eigenvalue weighted by Gasteiger charge is -2.10. The zero-order chi connectivity index (χ0) is 14.4. The molecule has 1 unspecified atom stereocenters. The van der Waals surface area contributed by atoms with Crippen molar-refractivity contribution in [2.45, 2.75) is 6.10 Å². The molecule has 21 heavy (non-hydrogen) atoms. The number of aromatic nitrogens is 1. The van der Waals surface area contributed by atoms with Crippen LogP contribution in [0.15, 0.2) is 57.1 Å². The summed E-state index contributed by atoms with van der Waals surface area (Å²) in [6, 6.07) is 13.2. The van der Waals surface area contributed by atoms with E-state index < -0.39 is 11.9 Å². The summed E-state index contributed by atoms with van der Waals surface area (Å²) in [5.74, 6) is -0.488. The minimum atomic E-state index is -0.745.